The van der Waals surface area contributed by atoms with Gasteiger partial charge in [-0.3, -0.25) is 4.79 Å². The average molecular weight is 211 g/mol. The molecule has 0 heterocycles. The minimum Gasteiger partial charge on any atom is -0.397 e. The first kappa shape index (κ1) is 9.34. The fraction of sp³-hybridized carbons (Fsp3) is 0.300. The molecular weight excluding hydrogens is 200 g/mol. The van der Waals surface area contributed by atoms with Crippen LogP contribution >= 0.6 is 11.6 Å². The molecule has 0 atom stereocenters. The molecule has 1 amide bonds. The second kappa shape index (κ2) is 3.50. The monoisotopic (exact) mass is 210 g/mol. The minimum atomic E-state index is 0.0394. The van der Waals surface area contributed by atoms with Gasteiger partial charge in [0.15, 0.2) is 0 Å². The first-order valence-corrected chi connectivity index (χ1v) is 4.91. The van der Waals surface area contributed by atoms with Crippen molar-refractivity contribution in [2.45, 2.75) is 12.8 Å². The lowest BCUT2D eigenvalue weighted by atomic mass is 10.2. The normalized spacial score (nSPS) is 15.2. The third kappa shape index (κ3) is 1.82. The molecule has 14 heavy (non-hydrogen) atoms. The van der Waals surface area contributed by atoms with Crippen LogP contribution in [0.5, 0.6) is 0 Å². The molecule has 0 saturated heterocycles. The minimum absolute atomic E-state index is 0.0394. The number of benzene rings is 1. The predicted molar refractivity (Wildman–Crippen MR) is 57.2 cm³/mol. The highest BCUT2D eigenvalue weighted by molar-refractivity contribution is 6.36. The number of nitrogen functional groups attached to an aromatic ring is 1. The third-order valence-corrected chi connectivity index (χ3v) is 2.66. The van der Waals surface area contributed by atoms with Crippen LogP contribution in [0.25, 0.3) is 0 Å². The fourth-order valence-electron chi connectivity index (χ4n) is 1.23. The number of nitrogens with one attached hydrogen (secondary N) is 1. The standard InChI is InChI=1S/C10H11ClN2O/c11-9-7(12)2-1-3-8(9)13-10(14)6-4-5-6/h1-3,6H,4-5,12H2,(H,13,14). The number of halogens is 1. The van der Waals surface area contributed by atoms with Gasteiger partial charge in [0.2, 0.25) is 5.91 Å². The molecule has 2 rings (SSSR count). The lowest BCUT2D eigenvalue weighted by Gasteiger charge is -2.07. The Balaban J connectivity index is 2.15. The van der Waals surface area contributed by atoms with Gasteiger partial charge in [0, 0.05) is 5.92 Å². The first-order chi connectivity index (χ1) is 6.68. The smallest absolute Gasteiger partial charge is 0.227 e. The summed E-state index contributed by atoms with van der Waals surface area (Å²) >= 11 is 5.92. The van der Waals surface area contributed by atoms with Crippen LogP contribution < -0.4 is 11.1 Å². The molecule has 0 spiro atoms. The molecule has 0 aliphatic heterocycles. The maximum absolute atomic E-state index is 11.4. The first-order valence-electron chi connectivity index (χ1n) is 4.53. The molecule has 1 aromatic rings. The van der Waals surface area contributed by atoms with Gasteiger partial charge in [0.25, 0.3) is 0 Å². The average Bonchev–Trinajstić information content (AvgIpc) is 2.95. The van der Waals surface area contributed by atoms with Crippen LogP contribution in [0.2, 0.25) is 5.02 Å². The van der Waals surface area contributed by atoms with Crippen LogP contribution in [0.4, 0.5) is 11.4 Å². The van der Waals surface area contributed by atoms with Gasteiger partial charge in [-0.2, -0.15) is 0 Å². The highest BCUT2D eigenvalue weighted by atomic mass is 35.5. The maximum atomic E-state index is 11.4. The zero-order valence-corrected chi connectivity index (χ0v) is 8.34. The number of carbonyl (C=O) groups excluding carboxylic acids is 1. The van der Waals surface area contributed by atoms with E-state index >= 15 is 0 Å². The summed E-state index contributed by atoms with van der Waals surface area (Å²) in [5, 5.41) is 3.18. The molecule has 4 heteroatoms. The molecule has 1 fully saturated rings. The summed E-state index contributed by atoms with van der Waals surface area (Å²) in [5.41, 5.74) is 6.69. The van der Waals surface area contributed by atoms with Crippen molar-refractivity contribution < 1.29 is 4.79 Å². The van der Waals surface area contributed by atoms with E-state index in [1.807, 2.05) is 0 Å². The van der Waals surface area contributed by atoms with Crippen molar-refractivity contribution in [3.63, 3.8) is 0 Å². The Bertz CT molecular complexity index is 374. The molecular formula is C10H11ClN2O. The van der Waals surface area contributed by atoms with Gasteiger partial charge < -0.3 is 11.1 Å². The van der Waals surface area contributed by atoms with E-state index in [0.29, 0.717) is 16.4 Å². The summed E-state index contributed by atoms with van der Waals surface area (Å²) in [6, 6.07) is 5.22. The predicted octanol–water partition coefficient (Wildman–Crippen LogP) is 2.27. The summed E-state index contributed by atoms with van der Waals surface area (Å²) in [6.07, 6.45) is 1.96. The Kier molecular flexibility index (Phi) is 2.33. The van der Waals surface area contributed by atoms with Crippen molar-refractivity contribution >= 4 is 28.9 Å². The number of amides is 1. The summed E-state index contributed by atoms with van der Waals surface area (Å²) in [6.45, 7) is 0. The van der Waals surface area contributed by atoms with E-state index in [9.17, 15) is 4.79 Å². The molecule has 3 nitrogen and oxygen atoms in total. The number of hydrogen-bond donors (Lipinski definition) is 2. The molecule has 74 valence electrons. The van der Waals surface area contributed by atoms with Gasteiger partial charge in [-0.1, -0.05) is 17.7 Å². The summed E-state index contributed by atoms with van der Waals surface area (Å²) < 4.78 is 0. The van der Waals surface area contributed by atoms with E-state index in [2.05, 4.69) is 5.32 Å². The molecule has 0 aromatic heterocycles. The van der Waals surface area contributed by atoms with E-state index in [-0.39, 0.29) is 11.8 Å². The topological polar surface area (TPSA) is 55.1 Å². The van der Waals surface area contributed by atoms with Crippen LogP contribution in [0.1, 0.15) is 12.8 Å². The summed E-state index contributed by atoms with van der Waals surface area (Å²) in [4.78, 5) is 11.4. The number of hydrogen-bond acceptors (Lipinski definition) is 2. The van der Waals surface area contributed by atoms with E-state index in [0.717, 1.165) is 12.8 Å². The van der Waals surface area contributed by atoms with Crippen LogP contribution in [0, 0.1) is 5.92 Å². The van der Waals surface area contributed by atoms with Crippen molar-refractivity contribution in [1.29, 1.82) is 0 Å². The van der Waals surface area contributed by atoms with Crippen molar-refractivity contribution in [1.82, 2.24) is 0 Å². The van der Waals surface area contributed by atoms with Crippen LogP contribution in [-0.2, 0) is 4.79 Å². The van der Waals surface area contributed by atoms with E-state index in [1.54, 1.807) is 18.2 Å². The van der Waals surface area contributed by atoms with Crippen LogP contribution in [0.3, 0.4) is 0 Å². The number of anilines is 2. The molecule has 0 unspecified atom stereocenters. The van der Waals surface area contributed by atoms with Crippen molar-refractivity contribution in [2.75, 3.05) is 11.1 Å². The zero-order chi connectivity index (χ0) is 10.1. The Morgan fingerprint density at radius 3 is 2.86 bits per heavy atom. The van der Waals surface area contributed by atoms with E-state index in [1.165, 1.54) is 0 Å². The molecule has 1 saturated carbocycles. The van der Waals surface area contributed by atoms with E-state index in [4.69, 9.17) is 17.3 Å². The van der Waals surface area contributed by atoms with Crippen molar-refractivity contribution in [2.24, 2.45) is 5.92 Å². The third-order valence-electron chi connectivity index (χ3n) is 2.23. The fourth-order valence-corrected chi connectivity index (χ4v) is 1.40. The van der Waals surface area contributed by atoms with Gasteiger partial charge in [-0.15, -0.1) is 0 Å². The van der Waals surface area contributed by atoms with Gasteiger partial charge in [-0.05, 0) is 25.0 Å². The number of carbonyl (C=O) groups is 1. The second-order valence-corrected chi connectivity index (χ2v) is 3.85. The van der Waals surface area contributed by atoms with Crippen LogP contribution in [-0.4, -0.2) is 5.91 Å². The second-order valence-electron chi connectivity index (χ2n) is 3.47. The molecule has 0 radical (unpaired) electrons. The highest BCUT2D eigenvalue weighted by Crippen LogP contribution is 2.33. The maximum Gasteiger partial charge on any atom is 0.227 e. The lowest BCUT2D eigenvalue weighted by molar-refractivity contribution is -0.117. The molecule has 1 aliphatic rings. The zero-order valence-electron chi connectivity index (χ0n) is 7.59. The Hall–Kier alpha value is -1.22. The molecule has 3 N–H and O–H groups in total. The van der Waals surface area contributed by atoms with Gasteiger partial charge in [0.05, 0.1) is 16.4 Å². The quantitative estimate of drug-likeness (QED) is 0.736. The van der Waals surface area contributed by atoms with Gasteiger partial charge in [0.1, 0.15) is 0 Å². The molecule has 1 aliphatic carbocycles. The lowest BCUT2D eigenvalue weighted by Crippen LogP contribution is -2.13. The Morgan fingerprint density at radius 1 is 1.50 bits per heavy atom. The Labute approximate surface area is 87.2 Å². The van der Waals surface area contributed by atoms with Gasteiger partial charge >= 0.3 is 0 Å². The van der Waals surface area contributed by atoms with E-state index < -0.39 is 0 Å². The van der Waals surface area contributed by atoms with Crippen molar-refractivity contribution in [3.8, 4) is 0 Å². The highest BCUT2D eigenvalue weighted by Gasteiger charge is 2.29. The van der Waals surface area contributed by atoms with Crippen molar-refractivity contribution in [3.05, 3.63) is 23.2 Å². The largest absolute Gasteiger partial charge is 0.397 e. The number of rotatable bonds is 2. The summed E-state index contributed by atoms with van der Waals surface area (Å²) in [7, 11) is 0. The SMILES string of the molecule is Nc1cccc(NC(=O)C2CC2)c1Cl. The molecule has 0 bridgehead atoms. The Morgan fingerprint density at radius 2 is 2.21 bits per heavy atom. The van der Waals surface area contributed by atoms with Gasteiger partial charge in [-0.25, -0.2) is 0 Å². The van der Waals surface area contributed by atoms with Crippen LogP contribution in [0.15, 0.2) is 18.2 Å². The molecule has 1 aromatic carbocycles. The number of nitrogens with two attached hydrogens (primary N) is 1. The summed E-state index contributed by atoms with van der Waals surface area (Å²) in [5.74, 6) is 0.213.